The molecular weight excluding hydrogens is 338 g/mol. The molecule has 0 bridgehead atoms. The van der Waals surface area contributed by atoms with Gasteiger partial charge in [0.1, 0.15) is 16.2 Å². The standard InChI is InChI=1S/C18H17N3OS2/c22-16(21-8-4-5-9-21)11-23-17-14-10-15(13-6-2-1-3-7-13)24-18(14)20-12-19-17/h1-3,6-7,10,12H,4-5,8-9,11H2. The van der Waals surface area contributed by atoms with Gasteiger partial charge >= 0.3 is 0 Å². The van der Waals surface area contributed by atoms with E-state index in [4.69, 9.17) is 0 Å². The molecule has 122 valence electrons. The van der Waals surface area contributed by atoms with Crippen molar-refractivity contribution in [1.82, 2.24) is 14.9 Å². The van der Waals surface area contributed by atoms with Gasteiger partial charge in [0.2, 0.25) is 5.91 Å². The van der Waals surface area contributed by atoms with Crippen LogP contribution in [0.25, 0.3) is 20.7 Å². The first kappa shape index (κ1) is 15.6. The van der Waals surface area contributed by atoms with Crippen molar-refractivity contribution >= 4 is 39.2 Å². The van der Waals surface area contributed by atoms with Crippen LogP contribution in [0.1, 0.15) is 12.8 Å². The molecule has 0 unspecified atom stereocenters. The van der Waals surface area contributed by atoms with Crippen molar-refractivity contribution in [1.29, 1.82) is 0 Å². The first-order chi connectivity index (χ1) is 11.8. The van der Waals surface area contributed by atoms with Crippen LogP contribution in [0, 0.1) is 0 Å². The normalized spacial score (nSPS) is 14.4. The van der Waals surface area contributed by atoms with E-state index >= 15 is 0 Å². The van der Waals surface area contributed by atoms with Crippen LogP contribution in [0.15, 0.2) is 47.8 Å². The smallest absolute Gasteiger partial charge is 0.232 e. The second-order valence-electron chi connectivity index (χ2n) is 5.75. The predicted octanol–water partition coefficient (Wildman–Crippen LogP) is 4.07. The van der Waals surface area contributed by atoms with Crippen molar-refractivity contribution in [3.8, 4) is 10.4 Å². The van der Waals surface area contributed by atoms with Gasteiger partial charge < -0.3 is 4.90 Å². The Balaban J connectivity index is 1.57. The van der Waals surface area contributed by atoms with Crippen LogP contribution in [-0.2, 0) is 4.79 Å². The number of thiophene rings is 1. The number of thioether (sulfide) groups is 1. The Bertz CT molecular complexity index is 857. The number of rotatable bonds is 4. The molecule has 1 aromatic carbocycles. The van der Waals surface area contributed by atoms with Gasteiger partial charge in [-0.25, -0.2) is 9.97 Å². The number of benzene rings is 1. The fraction of sp³-hybridized carbons (Fsp3) is 0.278. The zero-order valence-electron chi connectivity index (χ0n) is 13.1. The average Bonchev–Trinajstić information content (AvgIpc) is 3.30. The number of carbonyl (C=O) groups excluding carboxylic acids is 1. The molecule has 0 radical (unpaired) electrons. The summed E-state index contributed by atoms with van der Waals surface area (Å²) in [6.45, 7) is 1.80. The minimum Gasteiger partial charge on any atom is -0.342 e. The quantitative estimate of drug-likeness (QED) is 0.523. The Kier molecular flexibility index (Phi) is 4.49. The van der Waals surface area contributed by atoms with E-state index in [1.165, 1.54) is 22.2 Å². The maximum atomic E-state index is 12.2. The zero-order chi connectivity index (χ0) is 16.4. The largest absolute Gasteiger partial charge is 0.342 e. The zero-order valence-corrected chi connectivity index (χ0v) is 14.8. The maximum Gasteiger partial charge on any atom is 0.232 e. The van der Waals surface area contributed by atoms with Crippen LogP contribution in [-0.4, -0.2) is 39.6 Å². The van der Waals surface area contributed by atoms with Gasteiger partial charge in [0.15, 0.2) is 0 Å². The summed E-state index contributed by atoms with van der Waals surface area (Å²) in [6.07, 6.45) is 3.84. The van der Waals surface area contributed by atoms with E-state index in [2.05, 4.69) is 28.2 Å². The fourth-order valence-electron chi connectivity index (χ4n) is 2.88. The number of carbonyl (C=O) groups is 1. The molecule has 24 heavy (non-hydrogen) atoms. The Morgan fingerprint density at radius 1 is 1.17 bits per heavy atom. The van der Waals surface area contributed by atoms with E-state index in [1.54, 1.807) is 17.7 Å². The molecule has 1 saturated heterocycles. The van der Waals surface area contributed by atoms with Crippen LogP contribution < -0.4 is 0 Å². The highest BCUT2D eigenvalue weighted by Gasteiger charge is 2.19. The Morgan fingerprint density at radius 3 is 2.75 bits per heavy atom. The van der Waals surface area contributed by atoms with E-state index in [0.29, 0.717) is 5.75 Å². The summed E-state index contributed by atoms with van der Waals surface area (Å²) in [6, 6.07) is 12.4. The molecule has 0 atom stereocenters. The van der Waals surface area contributed by atoms with Gasteiger partial charge in [0.05, 0.1) is 5.75 Å². The van der Waals surface area contributed by atoms with E-state index in [9.17, 15) is 4.79 Å². The van der Waals surface area contributed by atoms with Gasteiger partial charge in [-0.1, -0.05) is 42.1 Å². The van der Waals surface area contributed by atoms with Crippen molar-refractivity contribution in [3.05, 3.63) is 42.7 Å². The molecule has 0 saturated carbocycles. The summed E-state index contributed by atoms with van der Waals surface area (Å²) in [5, 5.41) is 1.94. The SMILES string of the molecule is O=C(CSc1ncnc2sc(-c3ccccc3)cc12)N1CCCC1. The molecule has 0 aliphatic carbocycles. The first-order valence-corrected chi connectivity index (χ1v) is 9.82. The van der Waals surface area contributed by atoms with Gasteiger partial charge in [-0.15, -0.1) is 11.3 Å². The molecule has 4 rings (SSSR count). The van der Waals surface area contributed by atoms with Crippen LogP contribution in [0.5, 0.6) is 0 Å². The number of amides is 1. The topological polar surface area (TPSA) is 46.1 Å². The second-order valence-corrected chi connectivity index (χ2v) is 7.75. The molecule has 1 amide bonds. The molecule has 1 fully saturated rings. The molecule has 4 nitrogen and oxygen atoms in total. The minimum atomic E-state index is 0.211. The lowest BCUT2D eigenvalue weighted by atomic mass is 10.2. The van der Waals surface area contributed by atoms with Gasteiger partial charge in [0.25, 0.3) is 0 Å². The molecule has 2 aromatic heterocycles. The monoisotopic (exact) mass is 355 g/mol. The lowest BCUT2D eigenvalue weighted by Gasteiger charge is -2.14. The molecule has 3 heterocycles. The third kappa shape index (κ3) is 3.16. The second kappa shape index (κ2) is 6.91. The van der Waals surface area contributed by atoms with E-state index < -0.39 is 0 Å². The molecule has 1 aliphatic rings. The van der Waals surface area contributed by atoms with Crippen LogP contribution >= 0.6 is 23.1 Å². The molecule has 0 spiro atoms. The van der Waals surface area contributed by atoms with Gasteiger partial charge in [0, 0.05) is 23.4 Å². The number of fused-ring (bicyclic) bond motifs is 1. The van der Waals surface area contributed by atoms with Crippen LogP contribution in [0.2, 0.25) is 0 Å². The Morgan fingerprint density at radius 2 is 1.96 bits per heavy atom. The molecule has 3 aromatic rings. The lowest BCUT2D eigenvalue weighted by Crippen LogP contribution is -2.29. The molecule has 6 heteroatoms. The Hall–Kier alpha value is -1.92. The number of hydrogen-bond acceptors (Lipinski definition) is 5. The minimum absolute atomic E-state index is 0.211. The summed E-state index contributed by atoms with van der Waals surface area (Å²) in [4.78, 5) is 25.1. The van der Waals surface area contributed by atoms with Crippen LogP contribution in [0.3, 0.4) is 0 Å². The number of aromatic nitrogens is 2. The van der Waals surface area contributed by atoms with Crippen molar-refractivity contribution < 1.29 is 4.79 Å². The summed E-state index contributed by atoms with van der Waals surface area (Å²) in [7, 11) is 0. The highest BCUT2D eigenvalue weighted by atomic mass is 32.2. The Labute approximate surface area is 148 Å². The maximum absolute atomic E-state index is 12.2. The van der Waals surface area contributed by atoms with Gasteiger partial charge in [-0.3, -0.25) is 4.79 Å². The van der Waals surface area contributed by atoms with Gasteiger partial charge in [-0.2, -0.15) is 0 Å². The third-order valence-corrected chi connectivity index (χ3v) is 6.22. The summed E-state index contributed by atoms with van der Waals surface area (Å²) < 4.78 is 0. The number of likely N-dealkylation sites (tertiary alicyclic amines) is 1. The highest BCUT2D eigenvalue weighted by Crippen LogP contribution is 2.36. The highest BCUT2D eigenvalue weighted by molar-refractivity contribution is 8.00. The van der Waals surface area contributed by atoms with Crippen LogP contribution in [0.4, 0.5) is 0 Å². The van der Waals surface area contributed by atoms with Crippen molar-refractivity contribution in [2.24, 2.45) is 0 Å². The van der Waals surface area contributed by atoms with E-state index in [0.717, 1.165) is 41.2 Å². The van der Waals surface area contributed by atoms with Crippen molar-refractivity contribution in [3.63, 3.8) is 0 Å². The summed E-state index contributed by atoms with van der Waals surface area (Å²) in [5.41, 5.74) is 1.18. The molecule has 0 N–H and O–H groups in total. The van der Waals surface area contributed by atoms with E-state index in [1.807, 2.05) is 23.1 Å². The third-order valence-electron chi connectivity index (χ3n) is 4.14. The first-order valence-electron chi connectivity index (χ1n) is 8.02. The average molecular weight is 355 g/mol. The van der Waals surface area contributed by atoms with Gasteiger partial charge in [-0.05, 0) is 24.5 Å². The molecule has 1 aliphatic heterocycles. The van der Waals surface area contributed by atoms with Crippen molar-refractivity contribution in [2.75, 3.05) is 18.8 Å². The summed E-state index contributed by atoms with van der Waals surface area (Å²) >= 11 is 3.18. The number of nitrogens with zero attached hydrogens (tertiary/aromatic N) is 3. The fourth-order valence-corrected chi connectivity index (χ4v) is 4.83. The predicted molar refractivity (Wildman–Crippen MR) is 99.4 cm³/mol. The number of hydrogen-bond donors (Lipinski definition) is 0. The summed E-state index contributed by atoms with van der Waals surface area (Å²) in [5.74, 6) is 0.658. The van der Waals surface area contributed by atoms with Crippen molar-refractivity contribution in [2.45, 2.75) is 17.9 Å². The lowest BCUT2D eigenvalue weighted by molar-refractivity contribution is -0.127. The van der Waals surface area contributed by atoms with E-state index in [-0.39, 0.29) is 5.91 Å². The molecular formula is C18H17N3OS2.